The summed E-state index contributed by atoms with van der Waals surface area (Å²) in [6, 6.07) is 0.426. The van der Waals surface area contributed by atoms with E-state index in [1.165, 1.54) is 0 Å². The molecule has 0 saturated carbocycles. The molecule has 0 aliphatic carbocycles. The number of likely N-dealkylation sites (tertiary alicyclic amines) is 1. The minimum absolute atomic E-state index is 0. The summed E-state index contributed by atoms with van der Waals surface area (Å²) in [6.45, 7) is 5.16. The van der Waals surface area contributed by atoms with Crippen LogP contribution in [0.2, 0.25) is 0 Å². The summed E-state index contributed by atoms with van der Waals surface area (Å²) >= 11 is 0. The molecule has 1 atom stereocenters. The first kappa shape index (κ1) is 14.7. The van der Waals surface area contributed by atoms with Gasteiger partial charge in [0.05, 0.1) is 5.54 Å². The van der Waals surface area contributed by atoms with Gasteiger partial charge < -0.3 is 16.0 Å². The van der Waals surface area contributed by atoms with Crippen molar-refractivity contribution in [2.24, 2.45) is 5.73 Å². The molecule has 1 amide bonds. The molecule has 1 saturated heterocycles. The molecule has 1 rings (SSSR count). The van der Waals surface area contributed by atoms with E-state index in [-0.39, 0.29) is 18.3 Å². The standard InChI is InChI=1S/C10H21N3O.ClH/c1-10(2,11)9(14)13-6-4-5-8(7-13)12-3;/h8,12H,4-7,11H2,1-3H3;1H. The van der Waals surface area contributed by atoms with Crippen molar-refractivity contribution in [2.45, 2.75) is 38.3 Å². The maximum atomic E-state index is 11.9. The Morgan fingerprint density at radius 3 is 2.60 bits per heavy atom. The summed E-state index contributed by atoms with van der Waals surface area (Å²) in [5.74, 6) is 0.0532. The Labute approximate surface area is 98.0 Å². The number of nitrogens with one attached hydrogen (secondary N) is 1. The lowest BCUT2D eigenvalue weighted by atomic mass is 10.0. The number of nitrogens with two attached hydrogens (primary N) is 1. The van der Waals surface area contributed by atoms with E-state index < -0.39 is 5.54 Å². The Balaban J connectivity index is 0.00000196. The number of piperidine rings is 1. The van der Waals surface area contributed by atoms with Crippen LogP contribution in [0, 0.1) is 0 Å². The van der Waals surface area contributed by atoms with Gasteiger partial charge in [0, 0.05) is 19.1 Å². The van der Waals surface area contributed by atoms with Crippen LogP contribution < -0.4 is 11.1 Å². The lowest BCUT2D eigenvalue weighted by Crippen LogP contribution is -2.56. The van der Waals surface area contributed by atoms with E-state index in [0.717, 1.165) is 25.9 Å². The minimum Gasteiger partial charge on any atom is -0.340 e. The lowest BCUT2D eigenvalue weighted by molar-refractivity contribution is -0.137. The molecular formula is C10H22ClN3O. The monoisotopic (exact) mass is 235 g/mol. The number of hydrogen-bond donors (Lipinski definition) is 2. The van der Waals surface area contributed by atoms with Gasteiger partial charge in [0.1, 0.15) is 0 Å². The number of likely N-dealkylation sites (N-methyl/N-ethyl adjacent to an activating group) is 1. The smallest absolute Gasteiger partial charge is 0.242 e. The van der Waals surface area contributed by atoms with Gasteiger partial charge in [0.15, 0.2) is 0 Å². The highest BCUT2D eigenvalue weighted by molar-refractivity contribution is 5.85. The lowest BCUT2D eigenvalue weighted by Gasteiger charge is -2.36. The van der Waals surface area contributed by atoms with Gasteiger partial charge in [-0.05, 0) is 33.7 Å². The van der Waals surface area contributed by atoms with E-state index >= 15 is 0 Å². The quantitative estimate of drug-likeness (QED) is 0.727. The molecule has 1 unspecified atom stereocenters. The number of rotatable bonds is 2. The first-order valence-electron chi connectivity index (χ1n) is 5.20. The molecule has 3 N–H and O–H groups in total. The number of halogens is 1. The first-order valence-corrected chi connectivity index (χ1v) is 5.20. The Morgan fingerprint density at radius 2 is 2.13 bits per heavy atom. The topological polar surface area (TPSA) is 58.4 Å². The molecule has 4 nitrogen and oxygen atoms in total. The van der Waals surface area contributed by atoms with Gasteiger partial charge in [-0.3, -0.25) is 4.79 Å². The Morgan fingerprint density at radius 1 is 1.53 bits per heavy atom. The van der Waals surface area contributed by atoms with Crippen LogP contribution in [0.3, 0.4) is 0 Å². The number of nitrogens with zero attached hydrogens (tertiary/aromatic N) is 1. The number of carbonyl (C=O) groups is 1. The van der Waals surface area contributed by atoms with E-state index in [1.54, 1.807) is 13.8 Å². The van der Waals surface area contributed by atoms with E-state index in [0.29, 0.717) is 6.04 Å². The zero-order valence-electron chi connectivity index (χ0n) is 9.75. The number of hydrogen-bond acceptors (Lipinski definition) is 3. The molecule has 1 aliphatic rings. The maximum absolute atomic E-state index is 11.9. The van der Waals surface area contributed by atoms with Gasteiger partial charge in [-0.25, -0.2) is 0 Å². The van der Waals surface area contributed by atoms with Crippen LogP contribution in [0.25, 0.3) is 0 Å². The van der Waals surface area contributed by atoms with Crippen molar-refractivity contribution in [3.05, 3.63) is 0 Å². The Hall–Kier alpha value is -0.320. The van der Waals surface area contributed by atoms with Crippen molar-refractivity contribution >= 4 is 18.3 Å². The second-order valence-electron chi connectivity index (χ2n) is 4.60. The highest BCUT2D eigenvalue weighted by atomic mass is 35.5. The fraction of sp³-hybridized carbons (Fsp3) is 0.900. The molecule has 90 valence electrons. The average molecular weight is 236 g/mol. The molecule has 0 aromatic heterocycles. The normalized spacial score (nSPS) is 22.1. The number of carbonyl (C=O) groups excluding carboxylic acids is 1. The summed E-state index contributed by atoms with van der Waals surface area (Å²) in [6.07, 6.45) is 2.21. The molecule has 1 aliphatic heterocycles. The van der Waals surface area contributed by atoms with Crippen molar-refractivity contribution in [1.82, 2.24) is 10.2 Å². The van der Waals surface area contributed by atoms with Crippen LogP contribution in [-0.4, -0.2) is 42.5 Å². The molecule has 0 aromatic carbocycles. The Kier molecular flexibility index (Phi) is 5.56. The molecular weight excluding hydrogens is 214 g/mol. The molecule has 0 radical (unpaired) electrons. The van der Waals surface area contributed by atoms with Crippen LogP contribution in [0.15, 0.2) is 0 Å². The third kappa shape index (κ3) is 3.97. The molecule has 0 aromatic rings. The molecule has 15 heavy (non-hydrogen) atoms. The van der Waals surface area contributed by atoms with E-state index in [2.05, 4.69) is 5.32 Å². The van der Waals surface area contributed by atoms with Crippen LogP contribution in [-0.2, 0) is 4.79 Å². The minimum atomic E-state index is -0.740. The fourth-order valence-corrected chi connectivity index (χ4v) is 1.80. The molecule has 5 heteroatoms. The van der Waals surface area contributed by atoms with Gasteiger partial charge in [0.2, 0.25) is 5.91 Å². The number of amides is 1. The average Bonchev–Trinajstić information content (AvgIpc) is 2.15. The highest BCUT2D eigenvalue weighted by Crippen LogP contribution is 2.13. The van der Waals surface area contributed by atoms with Crippen molar-refractivity contribution in [1.29, 1.82) is 0 Å². The van der Waals surface area contributed by atoms with Gasteiger partial charge in [-0.15, -0.1) is 12.4 Å². The molecule has 1 fully saturated rings. The fourth-order valence-electron chi connectivity index (χ4n) is 1.80. The van der Waals surface area contributed by atoms with E-state index in [9.17, 15) is 4.79 Å². The molecule has 0 bridgehead atoms. The van der Waals surface area contributed by atoms with Crippen LogP contribution in [0.5, 0.6) is 0 Å². The second kappa shape index (κ2) is 5.68. The van der Waals surface area contributed by atoms with Gasteiger partial charge in [-0.2, -0.15) is 0 Å². The summed E-state index contributed by atoms with van der Waals surface area (Å²) in [7, 11) is 1.94. The van der Waals surface area contributed by atoms with Crippen molar-refractivity contribution in [3.63, 3.8) is 0 Å². The van der Waals surface area contributed by atoms with Crippen LogP contribution in [0.1, 0.15) is 26.7 Å². The zero-order valence-corrected chi connectivity index (χ0v) is 10.6. The third-order valence-corrected chi connectivity index (χ3v) is 2.67. The predicted octanol–water partition coefficient (Wildman–Crippen LogP) is 0.356. The molecule has 1 heterocycles. The second-order valence-corrected chi connectivity index (χ2v) is 4.60. The summed E-state index contributed by atoms with van der Waals surface area (Å²) in [5.41, 5.74) is 5.04. The SMILES string of the molecule is CNC1CCCN(C(=O)C(C)(C)N)C1.Cl. The first-order chi connectivity index (χ1) is 6.45. The van der Waals surface area contributed by atoms with E-state index in [4.69, 9.17) is 5.73 Å². The van der Waals surface area contributed by atoms with Gasteiger partial charge in [-0.1, -0.05) is 0 Å². The zero-order chi connectivity index (χ0) is 10.8. The van der Waals surface area contributed by atoms with Crippen molar-refractivity contribution in [2.75, 3.05) is 20.1 Å². The summed E-state index contributed by atoms with van der Waals surface area (Å²) in [4.78, 5) is 13.7. The summed E-state index contributed by atoms with van der Waals surface area (Å²) < 4.78 is 0. The van der Waals surface area contributed by atoms with Crippen molar-refractivity contribution < 1.29 is 4.79 Å². The van der Waals surface area contributed by atoms with Gasteiger partial charge in [0.25, 0.3) is 0 Å². The maximum Gasteiger partial charge on any atom is 0.242 e. The predicted molar refractivity (Wildman–Crippen MR) is 64.2 cm³/mol. The largest absolute Gasteiger partial charge is 0.340 e. The van der Waals surface area contributed by atoms with Crippen LogP contribution >= 0.6 is 12.4 Å². The highest BCUT2D eigenvalue weighted by Gasteiger charge is 2.30. The third-order valence-electron chi connectivity index (χ3n) is 2.67. The summed E-state index contributed by atoms with van der Waals surface area (Å²) in [5, 5.41) is 3.21. The Bertz CT molecular complexity index is 215. The van der Waals surface area contributed by atoms with E-state index in [1.807, 2.05) is 11.9 Å². The van der Waals surface area contributed by atoms with Crippen molar-refractivity contribution in [3.8, 4) is 0 Å². The van der Waals surface area contributed by atoms with Gasteiger partial charge >= 0.3 is 0 Å². The van der Waals surface area contributed by atoms with Crippen LogP contribution in [0.4, 0.5) is 0 Å². The molecule has 0 spiro atoms.